The topological polar surface area (TPSA) is 557 Å². The molecule has 1 saturated heterocycles. The number of hydrogen-bond acceptors (Lipinski definition) is 27. The second-order valence-corrected chi connectivity index (χ2v) is 40.1. The number of likely N-dealkylation sites (tertiary alicyclic amines) is 1. The second-order valence-electron chi connectivity index (χ2n) is 40.1. The molecule has 1 aliphatic rings. The van der Waals surface area contributed by atoms with Crippen LogP contribution in [0.25, 0.3) is 0 Å². The fraction of sp³-hybridized carbons (Fsp3) is 0.619. The van der Waals surface area contributed by atoms with Crippen molar-refractivity contribution in [3.8, 4) is 0 Å². The zero-order chi connectivity index (χ0) is 103. The van der Waals surface area contributed by atoms with Crippen LogP contribution in [0.3, 0.4) is 0 Å². The average molecular weight is 1930 g/mol. The van der Waals surface area contributed by atoms with E-state index in [9.17, 15) is 91.4 Å². The number of amides is 13. The molecule has 0 spiro atoms. The minimum atomic E-state index is -2.01. The number of rotatable bonds is 48. The largest absolute Gasteiger partial charge is 0.460 e. The van der Waals surface area contributed by atoms with E-state index in [0.29, 0.717) is 16.7 Å². The molecule has 137 heavy (non-hydrogen) atoms. The second kappa shape index (κ2) is 53.7. The van der Waals surface area contributed by atoms with E-state index in [1.54, 1.807) is 209 Å². The molecule has 1 fully saturated rings. The molecule has 40 heteroatoms. The summed E-state index contributed by atoms with van der Waals surface area (Å²) in [6.07, 6.45) is -5.79. The van der Waals surface area contributed by atoms with Gasteiger partial charge in [-0.1, -0.05) is 105 Å². The summed E-state index contributed by atoms with van der Waals surface area (Å²) in [4.78, 5) is 269. The molecule has 3 aromatic rings. The summed E-state index contributed by atoms with van der Waals surface area (Å²) < 4.78 is 38.4. The van der Waals surface area contributed by atoms with Crippen LogP contribution in [-0.2, 0) is 139 Å². The van der Waals surface area contributed by atoms with Crippen molar-refractivity contribution in [2.45, 2.75) is 368 Å². The van der Waals surface area contributed by atoms with Crippen molar-refractivity contribution in [3.05, 3.63) is 108 Å². The molecule has 0 bridgehead atoms. The maximum atomic E-state index is 15.2. The van der Waals surface area contributed by atoms with Gasteiger partial charge < -0.3 is 107 Å². The highest BCUT2D eigenvalue weighted by molar-refractivity contribution is 6.01. The van der Waals surface area contributed by atoms with Gasteiger partial charge in [-0.05, 0) is 213 Å². The minimum absolute atomic E-state index is 0.00213. The predicted molar refractivity (Wildman–Crippen MR) is 500 cm³/mol. The number of aliphatic hydroxyl groups excluding tert-OH is 1. The first-order valence-electron chi connectivity index (χ1n) is 46.1. The molecule has 0 unspecified atom stereocenters. The Morgan fingerprint density at radius 3 is 1.01 bits per heavy atom. The smallest absolute Gasteiger partial charge is 0.408 e. The van der Waals surface area contributed by atoms with E-state index in [2.05, 4.69) is 63.8 Å². The van der Waals surface area contributed by atoms with Crippen molar-refractivity contribution < 1.29 is 129 Å². The Hall–Kier alpha value is -12.7. The van der Waals surface area contributed by atoms with Gasteiger partial charge in [-0.3, -0.25) is 81.5 Å². The normalized spacial score (nSPS) is 15.5. The molecule has 13 N–H and O–H groups in total. The summed E-state index contributed by atoms with van der Waals surface area (Å²) in [7, 11) is 0. The zero-order valence-corrected chi connectivity index (χ0v) is 83.3. The van der Waals surface area contributed by atoms with E-state index in [4.69, 9.17) is 33.2 Å². The summed E-state index contributed by atoms with van der Waals surface area (Å²) >= 11 is 0. The molecule has 760 valence electrons. The van der Waals surface area contributed by atoms with E-state index in [-0.39, 0.29) is 64.0 Å². The van der Waals surface area contributed by atoms with Crippen LogP contribution in [0, 0.1) is 5.92 Å². The van der Waals surface area contributed by atoms with Crippen LogP contribution < -0.4 is 63.8 Å². The Morgan fingerprint density at radius 1 is 0.336 bits per heavy atom. The van der Waals surface area contributed by atoms with Gasteiger partial charge in [0.1, 0.15) is 119 Å². The van der Waals surface area contributed by atoms with Crippen molar-refractivity contribution in [1.29, 1.82) is 0 Å². The third-order valence-corrected chi connectivity index (χ3v) is 19.8. The van der Waals surface area contributed by atoms with Crippen molar-refractivity contribution >= 4 is 113 Å². The number of carbonyl (C=O) groups is 19. The Morgan fingerprint density at radius 2 is 0.635 bits per heavy atom. The summed E-state index contributed by atoms with van der Waals surface area (Å²) in [5.41, 5.74) is -4.36. The first kappa shape index (κ1) is 117. The van der Waals surface area contributed by atoms with Crippen molar-refractivity contribution in [2.24, 2.45) is 5.92 Å². The molecule has 1 aliphatic heterocycles. The van der Waals surface area contributed by atoms with Gasteiger partial charge in [0.05, 0.1) is 13.0 Å². The molecule has 1 heterocycles. The first-order chi connectivity index (χ1) is 63.5. The standard InChI is InChI=1S/C97H145N13O27/c1-56(2)50-67(85(124)103-65(43-47-75(114)134-94(12,13)14)83(122)108-70(90(129)137-97(21,22)23)52-61-36-29-25-30-37-61)106-88(127)72-40-33-49-110(72)89(128)69(51-60-34-27-24-28-35-60)107-79(118)58(4)98-81(120)63(41-45-73(112)132-92(6,7)8)101-78(117)57(3)99-87(126)71(54-111)109-84(123)66(44-48-76(115)135-95(15,16)17)104-86(125)68(53-77(116)136-96(18,19)20)105-82(121)64(42-46-74(113)133-93(9,10)11)102-80(119)59(5)100-91(130)131-55-62-38-31-26-32-39-62/h24-32,34-39,56-59,63-72,111H,33,40-55H2,1-23H3,(H,98,120)(H,99,126)(H,100,130)(H,101,117)(H,102,119)(H,103,124)(H,104,125)(H,105,121)(H,106,127)(H,107,118)(H,108,122)(H,109,123)/t57-,58-,59-,63-,64-,65-,66-,67-,68-,69-,70-,71-,72-/m0/s1. The lowest BCUT2D eigenvalue weighted by Crippen LogP contribution is -2.61. The van der Waals surface area contributed by atoms with Gasteiger partial charge in [0.2, 0.25) is 70.9 Å². The number of nitrogens with one attached hydrogen (secondary N) is 12. The maximum absolute atomic E-state index is 15.2. The van der Waals surface area contributed by atoms with E-state index < -0.39 is 276 Å². The average Bonchev–Trinajstić information content (AvgIpc) is 1.74. The molecule has 0 saturated carbocycles. The summed E-state index contributed by atoms with van der Waals surface area (Å²) in [6.45, 7) is 34.4. The number of hydrogen-bond donors (Lipinski definition) is 13. The minimum Gasteiger partial charge on any atom is -0.460 e. The van der Waals surface area contributed by atoms with Crippen molar-refractivity contribution in [3.63, 3.8) is 0 Å². The van der Waals surface area contributed by atoms with E-state index in [0.717, 1.165) is 6.92 Å². The zero-order valence-electron chi connectivity index (χ0n) is 83.3. The molecule has 13 amide bonds. The van der Waals surface area contributed by atoms with Gasteiger partial charge in [-0.2, -0.15) is 0 Å². The number of nitrogens with zero attached hydrogens (tertiary/aromatic N) is 1. The van der Waals surface area contributed by atoms with E-state index in [1.807, 2.05) is 0 Å². The molecule has 0 aromatic heterocycles. The van der Waals surface area contributed by atoms with Gasteiger partial charge in [0.25, 0.3) is 0 Å². The highest BCUT2D eigenvalue weighted by Crippen LogP contribution is 2.24. The number of aliphatic hydroxyl groups is 1. The molecule has 0 aliphatic carbocycles. The molecular formula is C97H145N13O27. The van der Waals surface area contributed by atoms with Crippen LogP contribution >= 0.6 is 0 Å². The van der Waals surface area contributed by atoms with E-state index >= 15 is 4.79 Å². The molecule has 3 aromatic carbocycles. The van der Waals surface area contributed by atoms with Crippen LogP contribution in [0.4, 0.5) is 4.79 Å². The van der Waals surface area contributed by atoms with Crippen LogP contribution in [0.1, 0.15) is 253 Å². The van der Waals surface area contributed by atoms with E-state index in [1.165, 1.54) is 39.5 Å². The SMILES string of the molecule is CC(C)C[C@H](NC(=O)[C@@H]1CCCN1C(=O)[C@H](Cc1ccccc1)NC(=O)[C@H](C)NC(=O)[C@H](CCC(=O)OC(C)(C)C)NC(=O)[C@H](C)NC(=O)[C@H](CO)NC(=O)[C@H](CCC(=O)OC(C)(C)C)NC(=O)[C@H](CC(=O)OC(C)(C)C)NC(=O)[C@H](CCC(=O)OC(C)(C)C)NC(=O)[C@H](C)NC(=O)OCc1ccccc1)C(=O)N[C@@H](CCC(=O)OC(C)(C)C)C(=O)N[C@@H](Cc1ccccc1)C(=O)OC(C)(C)C. The van der Waals surface area contributed by atoms with Crippen LogP contribution in [0.5, 0.6) is 0 Å². The summed E-state index contributed by atoms with van der Waals surface area (Å²) in [5.74, 6) is -17.8. The Labute approximate surface area is 801 Å². The lowest BCUT2D eigenvalue weighted by Gasteiger charge is -2.31. The highest BCUT2D eigenvalue weighted by Gasteiger charge is 2.43. The number of carbonyl (C=O) groups excluding carboxylic acids is 19. The monoisotopic (exact) mass is 1920 g/mol. The van der Waals surface area contributed by atoms with Crippen LogP contribution in [0.2, 0.25) is 0 Å². The quantitative estimate of drug-likeness (QED) is 0.0268. The summed E-state index contributed by atoms with van der Waals surface area (Å²) in [6, 6.07) is 4.99. The van der Waals surface area contributed by atoms with Gasteiger partial charge >= 0.3 is 41.9 Å². The Bertz CT molecular complexity index is 4630. The van der Waals surface area contributed by atoms with Crippen LogP contribution in [-0.4, -0.2) is 248 Å². The summed E-state index contributed by atoms with van der Waals surface area (Å²) in [5, 5.41) is 40.8. The number of benzene rings is 3. The van der Waals surface area contributed by atoms with Gasteiger partial charge in [-0.15, -0.1) is 0 Å². The van der Waals surface area contributed by atoms with Crippen molar-refractivity contribution in [1.82, 2.24) is 68.7 Å². The number of esters is 6. The third kappa shape index (κ3) is 46.2. The fourth-order valence-electron chi connectivity index (χ4n) is 13.6. The predicted octanol–water partition coefficient (Wildman–Crippen LogP) is 4.75. The Kier molecular flexibility index (Phi) is 45.8. The highest BCUT2D eigenvalue weighted by atomic mass is 16.6. The molecular weight excluding hydrogens is 1780 g/mol. The molecule has 0 radical (unpaired) electrons. The van der Waals surface area contributed by atoms with Gasteiger partial charge in [0, 0.05) is 45.1 Å². The lowest BCUT2D eigenvalue weighted by atomic mass is 10.0. The molecule has 13 atom stereocenters. The molecule has 4 rings (SSSR count). The van der Waals surface area contributed by atoms with Gasteiger partial charge in [0.15, 0.2) is 0 Å². The fourth-order valence-corrected chi connectivity index (χ4v) is 13.6. The van der Waals surface area contributed by atoms with Crippen molar-refractivity contribution in [2.75, 3.05) is 13.2 Å². The Balaban J connectivity index is 1.63. The maximum Gasteiger partial charge on any atom is 0.408 e. The molecule has 40 nitrogen and oxygen atoms in total. The number of alkyl carbamates (subject to hydrolysis) is 1. The van der Waals surface area contributed by atoms with Crippen LogP contribution in [0.15, 0.2) is 91.0 Å². The lowest BCUT2D eigenvalue weighted by molar-refractivity contribution is -0.159. The van der Waals surface area contributed by atoms with Gasteiger partial charge in [-0.25, -0.2) is 9.59 Å². The first-order valence-corrected chi connectivity index (χ1v) is 46.1. The number of ether oxygens (including phenoxy) is 7. The third-order valence-electron chi connectivity index (χ3n) is 19.8.